The molecule has 32 heavy (non-hydrogen) atoms. The van der Waals surface area contributed by atoms with E-state index in [-0.39, 0.29) is 11.7 Å². The molecule has 4 rings (SSSR count). The van der Waals surface area contributed by atoms with E-state index in [2.05, 4.69) is 11.4 Å². The van der Waals surface area contributed by atoms with Crippen LogP contribution in [0.4, 0.5) is 10.1 Å². The molecule has 0 radical (unpaired) electrons. The maximum absolute atomic E-state index is 13.5. The van der Waals surface area contributed by atoms with Crippen LogP contribution in [0.3, 0.4) is 0 Å². The fraction of sp³-hybridized carbons (Fsp3) is 0.231. The van der Waals surface area contributed by atoms with Crippen LogP contribution >= 0.6 is 0 Å². The van der Waals surface area contributed by atoms with Gasteiger partial charge >= 0.3 is 0 Å². The minimum absolute atomic E-state index is 0.147. The molecule has 1 aliphatic rings. The molecule has 0 unspecified atom stereocenters. The maximum Gasteiger partial charge on any atom is 0.235 e. The van der Waals surface area contributed by atoms with Crippen LogP contribution in [-0.2, 0) is 21.6 Å². The molecule has 1 saturated heterocycles. The van der Waals surface area contributed by atoms with Gasteiger partial charge in [0.15, 0.2) is 0 Å². The highest BCUT2D eigenvalue weighted by Crippen LogP contribution is 2.36. The largest absolute Gasteiger partial charge is 0.489 e. The highest BCUT2D eigenvalue weighted by atomic mass is 19.1. The van der Waals surface area contributed by atoms with Gasteiger partial charge in [-0.25, -0.2) is 4.39 Å². The van der Waals surface area contributed by atoms with E-state index in [0.717, 1.165) is 11.1 Å². The Balaban J connectivity index is 1.49. The Hall–Kier alpha value is -3.69. The van der Waals surface area contributed by atoms with Crippen LogP contribution in [0.15, 0.2) is 72.8 Å². The smallest absolute Gasteiger partial charge is 0.235 e. The van der Waals surface area contributed by atoms with Gasteiger partial charge in [0.1, 0.15) is 18.2 Å². The summed E-state index contributed by atoms with van der Waals surface area (Å²) < 4.78 is 24.8. The highest BCUT2D eigenvalue weighted by molar-refractivity contribution is 5.99. The van der Waals surface area contributed by atoms with E-state index in [1.54, 1.807) is 36.4 Å². The summed E-state index contributed by atoms with van der Waals surface area (Å²) in [7, 11) is 0. The van der Waals surface area contributed by atoms with Crippen molar-refractivity contribution >= 4 is 11.6 Å². The zero-order valence-corrected chi connectivity index (χ0v) is 17.5. The van der Waals surface area contributed by atoms with Crippen molar-refractivity contribution < 1.29 is 18.7 Å². The first-order chi connectivity index (χ1) is 15.6. The van der Waals surface area contributed by atoms with Gasteiger partial charge in [0.25, 0.3) is 0 Å². The van der Waals surface area contributed by atoms with Crippen molar-refractivity contribution in [2.24, 2.45) is 0 Å². The second-order valence-corrected chi connectivity index (χ2v) is 7.78. The number of hydrogen-bond donors (Lipinski definition) is 1. The minimum Gasteiger partial charge on any atom is -0.489 e. The van der Waals surface area contributed by atoms with Crippen LogP contribution in [0.25, 0.3) is 0 Å². The lowest BCUT2D eigenvalue weighted by Gasteiger charge is -2.36. The average molecular weight is 430 g/mol. The van der Waals surface area contributed by atoms with E-state index in [1.807, 2.05) is 24.3 Å². The Kier molecular flexibility index (Phi) is 6.48. The zero-order valence-electron chi connectivity index (χ0n) is 17.5. The first-order valence-electron chi connectivity index (χ1n) is 10.5. The third-order valence-electron chi connectivity index (χ3n) is 5.73. The lowest BCUT2D eigenvalue weighted by Crippen LogP contribution is -2.44. The van der Waals surface area contributed by atoms with Crippen molar-refractivity contribution in [2.75, 3.05) is 18.5 Å². The molecule has 0 bridgehead atoms. The Morgan fingerprint density at radius 3 is 2.56 bits per heavy atom. The highest BCUT2D eigenvalue weighted by Gasteiger charge is 2.41. The number of ether oxygens (including phenoxy) is 2. The van der Waals surface area contributed by atoms with Gasteiger partial charge in [0, 0.05) is 25.0 Å². The Labute approximate surface area is 186 Å². The Morgan fingerprint density at radius 1 is 1.06 bits per heavy atom. The van der Waals surface area contributed by atoms with Gasteiger partial charge in [-0.2, -0.15) is 5.26 Å². The summed E-state index contributed by atoms with van der Waals surface area (Å²) >= 11 is 0. The van der Waals surface area contributed by atoms with Crippen molar-refractivity contribution in [3.63, 3.8) is 0 Å². The molecule has 1 N–H and O–H groups in total. The molecular weight excluding hydrogens is 407 g/mol. The van der Waals surface area contributed by atoms with Gasteiger partial charge in [-0.1, -0.05) is 30.3 Å². The minimum atomic E-state index is -0.777. The summed E-state index contributed by atoms with van der Waals surface area (Å²) in [5, 5.41) is 12.0. The van der Waals surface area contributed by atoms with Gasteiger partial charge in [0.05, 0.1) is 17.0 Å². The number of nitrogens with zero attached hydrogens (tertiary/aromatic N) is 1. The van der Waals surface area contributed by atoms with Crippen LogP contribution in [0.5, 0.6) is 5.75 Å². The van der Waals surface area contributed by atoms with Gasteiger partial charge in [-0.05, 0) is 60.4 Å². The Morgan fingerprint density at radius 2 is 1.81 bits per heavy atom. The van der Waals surface area contributed by atoms with E-state index in [4.69, 9.17) is 14.7 Å². The van der Waals surface area contributed by atoms with Crippen molar-refractivity contribution in [3.8, 4) is 11.8 Å². The molecule has 1 amide bonds. The van der Waals surface area contributed by atoms with Crippen LogP contribution < -0.4 is 10.1 Å². The van der Waals surface area contributed by atoms with Crippen LogP contribution in [0.1, 0.15) is 29.5 Å². The van der Waals surface area contributed by atoms with Crippen molar-refractivity contribution in [3.05, 3.63) is 95.3 Å². The summed E-state index contributed by atoms with van der Waals surface area (Å²) in [5.41, 5.74) is 2.09. The molecule has 1 aliphatic heterocycles. The van der Waals surface area contributed by atoms with E-state index in [9.17, 15) is 9.18 Å². The van der Waals surface area contributed by atoms with E-state index < -0.39 is 5.41 Å². The van der Waals surface area contributed by atoms with Gasteiger partial charge < -0.3 is 14.8 Å². The third kappa shape index (κ3) is 4.79. The van der Waals surface area contributed by atoms with Crippen molar-refractivity contribution in [1.29, 1.82) is 5.26 Å². The molecule has 0 aromatic heterocycles. The van der Waals surface area contributed by atoms with Crippen LogP contribution in [0, 0.1) is 17.1 Å². The number of nitrogens with one attached hydrogen (secondary N) is 1. The molecule has 5 nitrogen and oxygen atoms in total. The summed E-state index contributed by atoms with van der Waals surface area (Å²) in [6.45, 7) is 1.25. The predicted molar refractivity (Wildman–Crippen MR) is 119 cm³/mol. The molecule has 6 heteroatoms. The molecule has 0 atom stereocenters. The molecule has 0 saturated carbocycles. The van der Waals surface area contributed by atoms with E-state index >= 15 is 0 Å². The van der Waals surface area contributed by atoms with E-state index in [1.165, 1.54) is 12.1 Å². The molecule has 3 aromatic carbocycles. The Bertz CT molecular complexity index is 1130. The number of nitriles is 1. The fourth-order valence-electron chi connectivity index (χ4n) is 3.95. The van der Waals surface area contributed by atoms with Gasteiger partial charge in [-0.3, -0.25) is 4.79 Å². The van der Waals surface area contributed by atoms with Gasteiger partial charge in [-0.15, -0.1) is 0 Å². The predicted octanol–water partition coefficient (Wildman–Crippen LogP) is 4.96. The third-order valence-corrected chi connectivity index (χ3v) is 5.73. The number of anilines is 1. The lowest BCUT2D eigenvalue weighted by atomic mass is 9.73. The number of amides is 1. The first-order valence-corrected chi connectivity index (χ1v) is 10.5. The van der Waals surface area contributed by atoms with Gasteiger partial charge in [0.2, 0.25) is 5.91 Å². The number of carbonyl (C=O) groups excluding carboxylic acids is 1. The quantitative estimate of drug-likeness (QED) is 0.600. The summed E-state index contributed by atoms with van der Waals surface area (Å²) in [4.78, 5) is 13.4. The monoisotopic (exact) mass is 430 g/mol. The van der Waals surface area contributed by atoms with Crippen molar-refractivity contribution in [2.45, 2.75) is 24.9 Å². The second kappa shape index (κ2) is 9.63. The number of rotatable bonds is 6. The molecule has 162 valence electrons. The topological polar surface area (TPSA) is 71.3 Å². The fourth-order valence-corrected chi connectivity index (χ4v) is 3.95. The van der Waals surface area contributed by atoms with Crippen LogP contribution in [0.2, 0.25) is 0 Å². The molecule has 3 aromatic rings. The standard InChI is InChI=1S/C26H23FN2O3/c27-22-9-7-21(8-10-22)26(11-13-31-14-12-26)25(30)29-23-5-2-6-24(16-23)32-18-20-4-1-3-19(15-20)17-28/h1-10,15-16H,11-14,18H2,(H,29,30). The SMILES string of the molecule is N#Cc1cccc(COc2cccc(NC(=O)C3(c4ccc(F)cc4)CCOCC3)c2)c1. The van der Waals surface area contributed by atoms with Crippen LogP contribution in [-0.4, -0.2) is 19.1 Å². The maximum atomic E-state index is 13.5. The van der Waals surface area contributed by atoms with E-state index in [0.29, 0.717) is 49.7 Å². The summed E-state index contributed by atoms with van der Waals surface area (Å²) in [5.74, 6) is 0.126. The second-order valence-electron chi connectivity index (χ2n) is 7.78. The summed E-state index contributed by atoms with van der Waals surface area (Å²) in [6.07, 6.45) is 1.05. The lowest BCUT2D eigenvalue weighted by molar-refractivity contribution is -0.125. The molecule has 0 aliphatic carbocycles. The number of hydrogen-bond acceptors (Lipinski definition) is 4. The first kappa shape index (κ1) is 21.5. The number of carbonyl (C=O) groups is 1. The normalized spacial score (nSPS) is 14.9. The molecule has 0 spiro atoms. The van der Waals surface area contributed by atoms with Crippen molar-refractivity contribution in [1.82, 2.24) is 0 Å². The number of benzene rings is 3. The zero-order chi connectivity index (χ0) is 22.4. The molecular formula is C26H23FN2O3. The average Bonchev–Trinajstić information content (AvgIpc) is 2.84. The molecule has 1 fully saturated rings. The summed E-state index contributed by atoms with van der Waals surface area (Å²) in [6, 6.07) is 22.7. The molecule has 1 heterocycles. The number of halogens is 1.